The molecule has 192 valence electrons. The Morgan fingerprint density at radius 2 is 1.89 bits per heavy atom. The highest BCUT2D eigenvalue weighted by atomic mass is 16.5. The summed E-state index contributed by atoms with van der Waals surface area (Å²) < 4.78 is 13.8. The summed E-state index contributed by atoms with van der Waals surface area (Å²) in [4.78, 5) is 15.6. The summed E-state index contributed by atoms with van der Waals surface area (Å²) in [6.45, 7) is 2.51. The van der Waals surface area contributed by atoms with Crippen LogP contribution in [0.4, 0.5) is 5.82 Å². The number of nitrogens with zero attached hydrogens (tertiary/aromatic N) is 3. The lowest BCUT2D eigenvalue weighted by Gasteiger charge is -2.09. The number of nitrogens with two attached hydrogens (primary N) is 1. The van der Waals surface area contributed by atoms with Gasteiger partial charge < -0.3 is 20.3 Å². The van der Waals surface area contributed by atoms with E-state index < -0.39 is 5.97 Å². The monoisotopic (exact) mass is 508 g/mol. The maximum absolute atomic E-state index is 11.3. The van der Waals surface area contributed by atoms with Crippen LogP contribution in [0.1, 0.15) is 17.7 Å². The van der Waals surface area contributed by atoms with E-state index >= 15 is 0 Å². The van der Waals surface area contributed by atoms with Crippen LogP contribution in [0.5, 0.6) is 5.75 Å². The standard InChI is InChI=1S/C30H28N4O4/c31-30-24-13-21(6-5-20(24)9-11-32-30)22-7-8-27-25(14-22)26(33-34(27)16-19-10-12-37-17-19)18-38-28-4-2-1-3-23(28)15-29(35)36/h1-9,11,13-14,19H,10,12,15-18H2,(H2,31,32)(H,35,36). The quantitative estimate of drug-likeness (QED) is 0.301. The molecule has 6 rings (SSSR count). The number of carboxylic acid groups (broad SMARTS) is 1. The van der Waals surface area contributed by atoms with Crippen molar-refractivity contribution >= 4 is 33.5 Å². The molecule has 8 heteroatoms. The third-order valence-electron chi connectivity index (χ3n) is 7.09. The third-order valence-corrected chi connectivity index (χ3v) is 7.09. The average Bonchev–Trinajstić information content (AvgIpc) is 3.56. The van der Waals surface area contributed by atoms with Gasteiger partial charge >= 0.3 is 5.97 Å². The van der Waals surface area contributed by atoms with Crippen LogP contribution >= 0.6 is 0 Å². The third kappa shape index (κ3) is 4.78. The maximum Gasteiger partial charge on any atom is 0.307 e. The molecule has 3 heterocycles. The van der Waals surface area contributed by atoms with E-state index in [1.807, 2.05) is 22.9 Å². The number of para-hydroxylation sites is 1. The van der Waals surface area contributed by atoms with Gasteiger partial charge in [-0.25, -0.2) is 4.98 Å². The minimum atomic E-state index is -0.898. The SMILES string of the molecule is Nc1nccc2ccc(-c3ccc4c(c3)c(COc3ccccc3CC(=O)O)nn4CC3CCOC3)cc12. The van der Waals surface area contributed by atoms with Crippen LogP contribution in [0.2, 0.25) is 0 Å². The second-order valence-electron chi connectivity index (χ2n) is 9.69. The van der Waals surface area contributed by atoms with Crippen molar-refractivity contribution in [3.05, 3.63) is 84.2 Å². The highest BCUT2D eigenvalue weighted by Crippen LogP contribution is 2.32. The summed E-state index contributed by atoms with van der Waals surface area (Å²) in [5.74, 6) is 0.575. The van der Waals surface area contributed by atoms with Crippen LogP contribution in [-0.2, 0) is 29.1 Å². The van der Waals surface area contributed by atoms with Crippen LogP contribution in [0.15, 0.2) is 72.9 Å². The average molecular weight is 509 g/mol. The summed E-state index contributed by atoms with van der Waals surface area (Å²) in [6, 6.07) is 21.7. The Morgan fingerprint density at radius 1 is 1.08 bits per heavy atom. The lowest BCUT2D eigenvalue weighted by Crippen LogP contribution is -2.12. The molecule has 0 spiro atoms. The number of aliphatic carboxylic acids is 1. The predicted octanol–water partition coefficient (Wildman–Crippen LogP) is 5.08. The van der Waals surface area contributed by atoms with E-state index in [2.05, 4.69) is 41.4 Å². The Morgan fingerprint density at radius 3 is 2.71 bits per heavy atom. The van der Waals surface area contributed by atoms with Crippen molar-refractivity contribution in [2.75, 3.05) is 18.9 Å². The van der Waals surface area contributed by atoms with E-state index in [1.165, 1.54) is 0 Å². The highest BCUT2D eigenvalue weighted by molar-refractivity contribution is 5.95. The molecule has 3 N–H and O–H groups in total. The first-order chi connectivity index (χ1) is 18.5. The van der Waals surface area contributed by atoms with Gasteiger partial charge in [0.2, 0.25) is 0 Å². The predicted molar refractivity (Wildman–Crippen MR) is 146 cm³/mol. The van der Waals surface area contributed by atoms with Crippen molar-refractivity contribution < 1.29 is 19.4 Å². The molecule has 8 nitrogen and oxygen atoms in total. The number of pyridine rings is 1. The Bertz CT molecular complexity index is 1640. The summed E-state index contributed by atoms with van der Waals surface area (Å²) >= 11 is 0. The minimum Gasteiger partial charge on any atom is -0.487 e. The number of ether oxygens (including phenoxy) is 2. The van der Waals surface area contributed by atoms with Gasteiger partial charge in [0.05, 0.1) is 18.5 Å². The molecular formula is C30H28N4O4. The summed E-state index contributed by atoms with van der Waals surface area (Å²) in [5.41, 5.74) is 10.7. The second kappa shape index (κ2) is 10.1. The zero-order valence-electron chi connectivity index (χ0n) is 20.8. The van der Waals surface area contributed by atoms with Crippen molar-refractivity contribution in [2.24, 2.45) is 5.92 Å². The molecule has 1 saturated heterocycles. The molecule has 1 unspecified atom stereocenters. The Labute approximate surface area is 219 Å². The molecule has 2 aromatic heterocycles. The van der Waals surface area contributed by atoms with E-state index in [0.29, 0.717) is 23.0 Å². The molecular weight excluding hydrogens is 480 g/mol. The molecule has 5 aromatic rings. The van der Waals surface area contributed by atoms with E-state index in [0.717, 1.165) is 64.7 Å². The van der Waals surface area contributed by atoms with Gasteiger partial charge in [-0.1, -0.05) is 36.4 Å². The van der Waals surface area contributed by atoms with Gasteiger partial charge in [-0.05, 0) is 53.3 Å². The molecule has 0 amide bonds. The first-order valence-electron chi connectivity index (χ1n) is 12.7. The summed E-state index contributed by atoms with van der Waals surface area (Å²) in [6.07, 6.45) is 2.63. The van der Waals surface area contributed by atoms with E-state index in [4.69, 9.17) is 20.3 Å². The normalized spacial score (nSPS) is 15.3. The van der Waals surface area contributed by atoms with Crippen LogP contribution in [0.25, 0.3) is 32.8 Å². The smallest absolute Gasteiger partial charge is 0.307 e. The number of hydrogen-bond donors (Lipinski definition) is 2. The van der Waals surface area contributed by atoms with E-state index in [9.17, 15) is 9.90 Å². The van der Waals surface area contributed by atoms with Gasteiger partial charge in [-0.2, -0.15) is 5.10 Å². The van der Waals surface area contributed by atoms with Crippen LogP contribution < -0.4 is 10.5 Å². The molecule has 3 aromatic carbocycles. The van der Waals surface area contributed by atoms with Crippen molar-refractivity contribution in [2.45, 2.75) is 26.0 Å². The largest absolute Gasteiger partial charge is 0.487 e. The van der Waals surface area contributed by atoms with E-state index in [-0.39, 0.29) is 13.0 Å². The summed E-state index contributed by atoms with van der Waals surface area (Å²) in [7, 11) is 0. The molecule has 38 heavy (non-hydrogen) atoms. The Hall–Kier alpha value is -4.43. The molecule has 1 atom stereocenters. The second-order valence-corrected chi connectivity index (χ2v) is 9.69. The maximum atomic E-state index is 11.3. The number of rotatable bonds is 8. The summed E-state index contributed by atoms with van der Waals surface area (Å²) in [5, 5.41) is 17.2. The van der Waals surface area contributed by atoms with Crippen molar-refractivity contribution in [1.82, 2.24) is 14.8 Å². The highest BCUT2D eigenvalue weighted by Gasteiger charge is 2.20. The Balaban J connectivity index is 1.38. The molecule has 1 fully saturated rings. The van der Waals surface area contributed by atoms with Gasteiger partial charge in [0.15, 0.2) is 0 Å². The van der Waals surface area contributed by atoms with Gasteiger partial charge in [0.25, 0.3) is 0 Å². The van der Waals surface area contributed by atoms with Crippen LogP contribution in [0.3, 0.4) is 0 Å². The fraction of sp³-hybridized carbons (Fsp3) is 0.233. The van der Waals surface area contributed by atoms with Crippen LogP contribution in [-0.4, -0.2) is 39.1 Å². The van der Waals surface area contributed by atoms with Crippen molar-refractivity contribution in [3.8, 4) is 16.9 Å². The number of carbonyl (C=O) groups is 1. The number of anilines is 1. The lowest BCUT2D eigenvalue weighted by molar-refractivity contribution is -0.136. The molecule has 0 aliphatic carbocycles. The number of nitrogen functional groups attached to an aromatic ring is 1. The zero-order valence-corrected chi connectivity index (χ0v) is 20.8. The number of benzene rings is 3. The molecule has 1 aliphatic rings. The zero-order chi connectivity index (χ0) is 26.1. The van der Waals surface area contributed by atoms with Crippen molar-refractivity contribution in [1.29, 1.82) is 0 Å². The van der Waals surface area contributed by atoms with Gasteiger partial charge in [0, 0.05) is 41.6 Å². The topological polar surface area (TPSA) is 112 Å². The number of fused-ring (bicyclic) bond motifs is 2. The molecule has 0 bridgehead atoms. The van der Waals surface area contributed by atoms with E-state index in [1.54, 1.807) is 18.3 Å². The van der Waals surface area contributed by atoms with Crippen molar-refractivity contribution in [3.63, 3.8) is 0 Å². The number of hydrogen-bond acceptors (Lipinski definition) is 6. The lowest BCUT2D eigenvalue weighted by atomic mass is 10.00. The molecule has 0 radical (unpaired) electrons. The van der Waals surface area contributed by atoms with Gasteiger partial charge in [-0.15, -0.1) is 0 Å². The molecule has 0 saturated carbocycles. The number of carboxylic acids is 1. The first kappa shape index (κ1) is 23.9. The Kier molecular flexibility index (Phi) is 6.39. The van der Waals surface area contributed by atoms with Gasteiger partial charge in [-0.3, -0.25) is 9.48 Å². The first-order valence-corrected chi connectivity index (χ1v) is 12.7. The molecule has 1 aliphatic heterocycles. The fourth-order valence-corrected chi connectivity index (χ4v) is 5.11. The number of aromatic nitrogens is 3. The fourth-order valence-electron chi connectivity index (χ4n) is 5.11. The minimum absolute atomic E-state index is 0.100. The van der Waals surface area contributed by atoms with Crippen LogP contribution in [0, 0.1) is 5.92 Å². The van der Waals surface area contributed by atoms with Gasteiger partial charge in [0.1, 0.15) is 23.9 Å².